The second kappa shape index (κ2) is 7.25. The predicted octanol–water partition coefficient (Wildman–Crippen LogP) is 1.77. The zero-order valence-electron chi connectivity index (χ0n) is 14.0. The molecule has 6 heteroatoms. The third-order valence-electron chi connectivity index (χ3n) is 4.34. The lowest BCUT2D eigenvalue weighted by Gasteiger charge is -2.19. The van der Waals surface area contributed by atoms with Gasteiger partial charge in [0.15, 0.2) is 0 Å². The van der Waals surface area contributed by atoms with Gasteiger partial charge in [-0.05, 0) is 36.2 Å². The van der Waals surface area contributed by atoms with Gasteiger partial charge in [-0.15, -0.1) is 0 Å². The number of imide groups is 1. The summed E-state index contributed by atoms with van der Waals surface area (Å²) in [6.07, 6.45) is 4.30. The van der Waals surface area contributed by atoms with Crippen LogP contribution in [0.25, 0.3) is 0 Å². The molecule has 0 unspecified atom stereocenters. The van der Waals surface area contributed by atoms with Crippen molar-refractivity contribution in [2.24, 2.45) is 0 Å². The van der Waals surface area contributed by atoms with Gasteiger partial charge in [0.2, 0.25) is 5.91 Å². The SMILES string of the molecule is CN(CCc1ccncc1)C(=O)CCN1C(=O)c2ccccc2C1=O. The van der Waals surface area contributed by atoms with Crippen molar-refractivity contribution in [3.63, 3.8) is 0 Å². The molecule has 0 atom stereocenters. The second-order valence-electron chi connectivity index (χ2n) is 5.98. The van der Waals surface area contributed by atoms with E-state index in [1.807, 2.05) is 12.1 Å². The van der Waals surface area contributed by atoms with Gasteiger partial charge < -0.3 is 4.90 Å². The van der Waals surface area contributed by atoms with Crippen molar-refractivity contribution in [3.05, 3.63) is 65.5 Å². The van der Waals surface area contributed by atoms with Crippen LogP contribution >= 0.6 is 0 Å². The summed E-state index contributed by atoms with van der Waals surface area (Å²) in [7, 11) is 1.73. The van der Waals surface area contributed by atoms with Crippen molar-refractivity contribution in [3.8, 4) is 0 Å². The molecule has 0 fully saturated rings. The molecule has 2 heterocycles. The Morgan fingerprint density at radius 2 is 1.64 bits per heavy atom. The molecule has 0 N–H and O–H groups in total. The monoisotopic (exact) mass is 337 g/mol. The highest BCUT2D eigenvalue weighted by Gasteiger charge is 2.35. The highest BCUT2D eigenvalue weighted by molar-refractivity contribution is 6.21. The molecule has 1 aromatic carbocycles. The summed E-state index contributed by atoms with van der Waals surface area (Å²) in [5, 5.41) is 0. The number of amides is 3. The summed E-state index contributed by atoms with van der Waals surface area (Å²) in [5.74, 6) is -0.744. The first kappa shape index (κ1) is 16.8. The molecule has 0 saturated carbocycles. The standard InChI is InChI=1S/C19H19N3O3/c1-21(12-8-14-6-10-20-11-7-14)17(23)9-13-22-18(24)15-4-2-3-5-16(15)19(22)25/h2-7,10-11H,8-9,12-13H2,1H3. The van der Waals surface area contributed by atoms with E-state index >= 15 is 0 Å². The lowest BCUT2D eigenvalue weighted by molar-refractivity contribution is -0.129. The van der Waals surface area contributed by atoms with Crippen LogP contribution in [0, 0.1) is 0 Å². The fraction of sp³-hybridized carbons (Fsp3) is 0.263. The number of pyridine rings is 1. The number of likely N-dealkylation sites (N-methyl/N-ethyl adjacent to an activating group) is 1. The highest BCUT2D eigenvalue weighted by atomic mass is 16.2. The quantitative estimate of drug-likeness (QED) is 0.753. The minimum Gasteiger partial charge on any atom is -0.345 e. The van der Waals surface area contributed by atoms with E-state index in [4.69, 9.17) is 0 Å². The molecular formula is C19H19N3O3. The molecule has 0 radical (unpaired) electrons. The molecule has 2 aromatic rings. The van der Waals surface area contributed by atoms with Crippen molar-refractivity contribution in [2.45, 2.75) is 12.8 Å². The summed E-state index contributed by atoms with van der Waals surface area (Å²) in [4.78, 5) is 43.6. The maximum Gasteiger partial charge on any atom is 0.261 e. The maximum absolute atomic E-state index is 12.3. The Bertz CT molecular complexity index is 770. The topological polar surface area (TPSA) is 70.6 Å². The van der Waals surface area contributed by atoms with Crippen molar-refractivity contribution in [1.29, 1.82) is 0 Å². The molecular weight excluding hydrogens is 318 g/mol. The molecule has 0 aliphatic carbocycles. The van der Waals surface area contributed by atoms with Crippen LogP contribution < -0.4 is 0 Å². The third kappa shape index (κ3) is 3.57. The Kier molecular flexibility index (Phi) is 4.88. The Hall–Kier alpha value is -3.02. The summed E-state index contributed by atoms with van der Waals surface area (Å²) >= 11 is 0. The number of benzene rings is 1. The van der Waals surface area contributed by atoms with E-state index in [2.05, 4.69) is 4.98 Å². The molecule has 0 bridgehead atoms. The van der Waals surface area contributed by atoms with Crippen LogP contribution in [0.2, 0.25) is 0 Å². The van der Waals surface area contributed by atoms with Gasteiger partial charge in [0.25, 0.3) is 11.8 Å². The number of nitrogens with zero attached hydrogens (tertiary/aromatic N) is 3. The van der Waals surface area contributed by atoms with Gasteiger partial charge in [-0.1, -0.05) is 12.1 Å². The average molecular weight is 337 g/mol. The van der Waals surface area contributed by atoms with E-state index in [-0.39, 0.29) is 30.7 Å². The number of carbonyl (C=O) groups excluding carboxylic acids is 3. The number of fused-ring (bicyclic) bond motifs is 1. The molecule has 1 aliphatic rings. The summed E-state index contributed by atoms with van der Waals surface area (Å²) in [5.41, 5.74) is 1.92. The number of carbonyl (C=O) groups is 3. The molecule has 0 spiro atoms. The van der Waals surface area contributed by atoms with Crippen molar-refractivity contribution in [2.75, 3.05) is 20.1 Å². The van der Waals surface area contributed by atoms with Crippen molar-refractivity contribution >= 4 is 17.7 Å². The van der Waals surface area contributed by atoms with Gasteiger partial charge in [0.1, 0.15) is 0 Å². The molecule has 6 nitrogen and oxygen atoms in total. The van der Waals surface area contributed by atoms with Gasteiger partial charge in [-0.25, -0.2) is 0 Å². The van der Waals surface area contributed by atoms with Crippen molar-refractivity contribution in [1.82, 2.24) is 14.8 Å². The molecule has 1 aliphatic heterocycles. The maximum atomic E-state index is 12.3. The van der Waals surface area contributed by atoms with Crippen LogP contribution in [0.15, 0.2) is 48.8 Å². The normalized spacial score (nSPS) is 13.1. The Balaban J connectivity index is 1.52. The van der Waals surface area contributed by atoms with Crippen LogP contribution in [-0.2, 0) is 11.2 Å². The van der Waals surface area contributed by atoms with Gasteiger partial charge >= 0.3 is 0 Å². The van der Waals surface area contributed by atoms with Gasteiger partial charge in [0, 0.05) is 39.0 Å². The molecule has 3 amide bonds. The fourth-order valence-corrected chi connectivity index (χ4v) is 2.81. The van der Waals surface area contributed by atoms with E-state index in [1.165, 1.54) is 0 Å². The number of hydrogen-bond acceptors (Lipinski definition) is 4. The van der Waals surface area contributed by atoms with Gasteiger partial charge in [-0.2, -0.15) is 0 Å². The minimum absolute atomic E-state index is 0.0920. The molecule has 1 aromatic heterocycles. The molecule has 0 saturated heterocycles. The third-order valence-corrected chi connectivity index (χ3v) is 4.34. The van der Waals surface area contributed by atoms with E-state index in [0.29, 0.717) is 17.7 Å². The summed E-state index contributed by atoms with van der Waals surface area (Å²) < 4.78 is 0. The Morgan fingerprint density at radius 3 is 2.24 bits per heavy atom. The zero-order valence-corrected chi connectivity index (χ0v) is 14.0. The van der Waals surface area contributed by atoms with E-state index in [9.17, 15) is 14.4 Å². The average Bonchev–Trinajstić information content (AvgIpc) is 2.89. The molecule has 128 valence electrons. The van der Waals surface area contributed by atoms with Crippen LogP contribution in [0.1, 0.15) is 32.7 Å². The number of aromatic nitrogens is 1. The molecule has 3 rings (SSSR count). The first-order valence-corrected chi connectivity index (χ1v) is 8.16. The van der Waals surface area contributed by atoms with Crippen LogP contribution in [0.5, 0.6) is 0 Å². The number of rotatable bonds is 6. The van der Waals surface area contributed by atoms with E-state index in [1.54, 1.807) is 48.6 Å². The van der Waals surface area contributed by atoms with E-state index in [0.717, 1.165) is 16.9 Å². The smallest absolute Gasteiger partial charge is 0.261 e. The van der Waals surface area contributed by atoms with Crippen LogP contribution in [-0.4, -0.2) is 52.6 Å². The lowest BCUT2D eigenvalue weighted by Crippen LogP contribution is -2.36. The predicted molar refractivity (Wildman–Crippen MR) is 92.0 cm³/mol. The number of hydrogen-bond donors (Lipinski definition) is 0. The molecule has 25 heavy (non-hydrogen) atoms. The lowest BCUT2D eigenvalue weighted by atomic mass is 10.1. The van der Waals surface area contributed by atoms with Gasteiger partial charge in [0.05, 0.1) is 11.1 Å². The Labute approximate surface area is 146 Å². The first-order valence-electron chi connectivity index (χ1n) is 8.16. The highest BCUT2D eigenvalue weighted by Crippen LogP contribution is 2.22. The Morgan fingerprint density at radius 1 is 1.04 bits per heavy atom. The van der Waals surface area contributed by atoms with Crippen LogP contribution in [0.3, 0.4) is 0 Å². The summed E-state index contributed by atoms with van der Waals surface area (Å²) in [6, 6.07) is 10.6. The van der Waals surface area contributed by atoms with Crippen LogP contribution in [0.4, 0.5) is 0 Å². The minimum atomic E-state index is -0.326. The first-order chi connectivity index (χ1) is 12.1. The summed E-state index contributed by atoms with van der Waals surface area (Å²) in [6.45, 7) is 0.676. The van der Waals surface area contributed by atoms with Gasteiger partial charge in [-0.3, -0.25) is 24.3 Å². The van der Waals surface area contributed by atoms with E-state index < -0.39 is 0 Å². The largest absolute Gasteiger partial charge is 0.345 e. The zero-order chi connectivity index (χ0) is 17.8. The second-order valence-corrected chi connectivity index (χ2v) is 5.98. The fourth-order valence-electron chi connectivity index (χ4n) is 2.81. The van der Waals surface area contributed by atoms with Crippen molar-refractivity contribution < 1.29 is 14.4 Å².